The summed E-state index contributed by atoms with van der Waals surface area (Å²) in [4.78, 5) is 18.1. The Bertz CT molecular complexity index is 1030. The van der Waals surface area contributed by atoms with Gasteiger partial charge in [-0.05, 0) is 29.8 Å². The molecule has 4 rings (SSSR count). The molecule has 22 heavy (non-hydrogen) atoms. The maximum atomic E-state index is 11.0. The minimum atomic E-state index is -0.986. The van der Waals surface area contributed by atoms with E-state index in [-0.39, 0.29) is 5.69 Å². The van der Waals surface area contributed by atoms with E-state index < -0.39 is 5.97 Å². The number of pyridine rings is 1. The second kappa shape index (κ2) is 4.57. The first kappa shape index (κ1) is 12.8. The van der Waals surface area contributed by atoms with Gasteiger partial charge in [-0.1, -0.05) is 17.7 Å². The Labute approximate surface area is 129 Å². The van der Waals surface area contributed by atoms with Crippen LogP contribution in [-0.4, -0.2) is 30.7 Å². The summed E-state index contributed by atoms with van der Waals surface area (Å²) in [6, 6.07) is 9.05. The Hall–Kier alpha value is -2.86. The number of fused-ring (bicyclic) bond motifs is 2. The summed E-state index contributed by atoms with van der Waals surface area (Å²) in [7, 11) is 0. The van der Waals surface area contributed by atoms with Crippen molar-refractivity contribution in [2.75, 3.05) is 0 Å². The fourth-order valence-corrected chi connectivity index (χ4v) is 2.72. The second-order valence-electron chi connectivity index (χ2n) is 4.89. The standard InChI is InChI=1S/C15H9ClN4O2/c16-10-5-11(14-17-7-18-20(14)6-10)8-1-2-12-9(3-8)4-13(19-12)15(21)22/h1-7,19H,(H,21,22). The van der Waals surface area contributed by atoms with Gasteiger partial charge in [0.15, 0.2) is 5.65 Å². The van der Waals surface area contributed by atoms with Gasteiger partial charge in [0, 0.05) is 22.7 Å². The van der Waals surface area contributed by atoms with Gasteiger partial charge in [-0.25, -0.2) is 14.3 Å². The van der Waals surface area contributed by atoms with Gasteiger partial charge >= 0.3 is 5.97 Å². The van der Waals surface area contributed by atoms with E-state index in [9.17, 15) is 4.79 Å². The van der Waals surface area contributed by atoms with Gasteiger partial charge in [-0.3, -0.25) is 0 Å². The lowest BCUT2D eigenvalue weighted by molar-refractivity contribution is 0.0691. The maximum absolute atomic E-state index is 11.0. The molecule has 0 bridgehead atoms. The van der Waals surface area contributed by atoms with Crippen LogP contribution >= 0.6 is 11.6 Å². The predicted octanol–water partition coefficient (Wildman–Crippen LogP) is 3.23. The van der Waals surface area contributed by atoms with Crippen LogP contribution < -0.4 is 0 Å². The van der Waals surface area contributed by atoms with Crippen LogP contribution in [0.25, 0.3) is 27.7 Å². The molecule has 0 amide bonds. The summed E-state index contributed by atoms with van der Waals surface area (Å²) >= 11 is 6.12. The van der Waals surface area contributed by atoms with Crippen LogP contribution in [0, 0.1) is 0 Å². The first-order valence-corrected chi connectivity index (χ1v) is 6.85. The molecule has 6 nitrogen and oxygen atoms in total. The van der Waals surface area contributed by atoms with E-state index in [0.717, 1.165) is 22.0 Å². The highest BCUT2D eigenvalue weighted by molar-refractivity contribution is 6.30. The van der Waals surface area contributed by atoms with Gasteiger partial charge in [0.2, 0.25) is 0 Å². The van der Waals surface area contributed by atoms with Crippen molar-refractivity contribution in [3.63, 3.8) is 0 Å². The topological polar surface area (TPSA) is 83.3 Å². The number of hydrogen-bond acceptors (Lipinski definition) is 3. The molecule has 3 heterocycles. The van der Waals surface area contributed by atoms with Crippen molar-refractivity contribution in [2.45, 2.75) is 0 Å². The summed E-state index contributed by atoms with van der Waals surface area (Å²) in [5.74, 6) is -0.986. The third-order valence-electron chi connectivity index (χ3n) is 3.50. The summed E-state index contributed by atoms with van der Waals surface area (Å²) in [6.07, 6.45) is 3.15. The third kappa shape index (κ3) is 1.93. The van der Waals surface area contributed by atoms with Crippen LogP contribution in [-0.2, 0) is 0 Å². The molecule has 0 fully saturated rings. The Balaban J connectivity index is 1.96. The second-order valence-corrected chi connectivity index (χ2v) is 5.33. The van der Waals surface area contributed by atoms with Gasteiger partial charge in [0.25, 0.3) is 0 Å². The Kier molecular flexibility index (Phi) is 2.67. The quantitative estimate of drug-likeness (QED) is 0.595. The number of carboxylic acid groups (broad SMARTS) is 1. The van der Waals surface area contributed by atoms with E-state index in [4.69, 9.17) is 16.7 Å². The minimum absolute atomic E-state index is 0.158. The van der Waals surface area contributed by atoms with Crippen molar-refractivity contribution in [3.8, 4) is 11.1 Å². The predicted molar refractivity (Wildman–Crippen MR) is 82.2 cm³/mol. The number of carbonyl (C=O) groups is 1. The maximum Gasteiger partial charge on any atom is 0.352 e. The molecule has 0 atom stereocenters. The summed E-state index contributed by atoms with van der Waals surface area (Å²) < 4.78 is 1.61. The van der Waals surface area contributed by atoms with Gasteiger partial charge in [0.05, 0.1) is 5.02 Å². The van der Waals surface area contributed by atoms with E-state index in [0.29, 0.717) is 10.7 Å². The molecular formula is C15H9ClN4O2. The first-order chi connectivity index (χ1) is 10.6. The van der Waals surface area contributed by atoms with Gasteiger partial charge in [-0.15, -0.1) is 0 Å². The van der Waals surface area contributed by atoms with Gasteiger partial charge in [0.1, 0.15) is 12.0 Å². The smallest absolute Gasteiger partial charge is 0.352 e. The number of aromatic nitrogens is 4. The monoisotopic (exact) mass is 312 g/mol. The third-order valence-corrected chi connectivity index (χ3v) is 3.71. The molecule has 0 aliphatic carbocycles. The van der Waals surface area contributed by atoms with Crippen molar-refractivity contribution in [2.24, 2.45) is 0 Å². The number of H-pyrrole nitrogens is 1. The molecule has 108 valence electrons. The molecule has 0 aliphatic heterocycles. The van der Waals surface area contributed by atoms with Crippen LogP contribution in [0.2, 0.25) is 5.02 Å². The molecule has 7 heteroatoms. The van der Waals surface area contributed by atoms with Crippen LogP contribution in [0.4, 0.5) is 0 Å². The highest BCUT2D eigenvalue weighted by Gasteiger charge is 2.11. The molecule has 0 radical (unpaired) electrons. The number of halogens is 1. The van der Waals surface area contributed by atoms with Crippen molar-refractivity contribution in [1.82, 2.24) is 19.6 Å². The van der Waals surface area contributed by atoms with E-state index in [2.05, 4.69) is 15.1 Å². The average Bonchev–Trinajstić information content (AvgIpc) is 3.11. The summed E-state index contributed by atoms with van der Waals surface area (Å²) in [5.41, 5.74) is 3.35. The Morgan fingerprint density at radius 1 is 1.27 bits per heavy atom. The Morgan fingerprint density at radius 2 is 2.14 bits per heavy atom. The number of aromatic carboxylic acids is 1. The number of hydrogen-bond donors (Lipinski definition) is 2. The molecule has 2 N–H and O–H groups in total. The largest absolute Gasteiger partial charge is 0.477 e. The van der Waals surface area contributed by atoms with Gasteiger partial charge in [-0.2, -0.15) is 5.10 Å². The molecule has 0 saturated heterocycles. The molecule has 0 spiro atoms. The van der Waals surface area contributed by atoms with Crippen molar-refractivity contribution in [3.05, 3.63) is 53.6 Å². The molecule has 4 aromatic rings. The Morgan fingerprint density at radius 3 is 2.95 bits per heavy atom. The van der Waals surface area contributed by atoms with Crippen molar-refractivity contribution < 1.29 is 9.90 Å². The zero-order chi connectivity index (χ0) is 15.3. The van der Waals surface area contributed by atoms with E-state index in [1.54, 1.807) is 16.8 Å². The highest BCUT2D eigenvalue weighted by atomic mass is 35.5. The number of nitrogens with zero attached hydrogens (tertiary/aromatic N) is 3. The van der Waals surface area contributed by atoms with Crippen LogP contribution in [0.3, 0.4) is 0 Å². The van der Waals surface area contributed by atoms with E-state index in [1.807, 2.05) is 24.3 Å². The normalized spacial score (nSPS) is 11.3. The average molecular weight is 313 g/mol. The SMILES string of the molecule is O=C(O)c1cc2cc(-c3cc(Cl)cn4ncnc34)ccc2[nH]1. The lowest BCUT2D eigenvalue weighted by Gasteiger charge is -2.04. The molecule has 0 unspecified atom stereocenters. The van der Waals surface area contributed by atoms with Crippen LogP contribution in [0.5, 0.6) is 0 Å². The highest BCUT2D eigenvalue weighted by Crippen LogP contribution is 2.29. The van der Waals surface area contributed by atoms with Gasteiger partial charge < -0.3 is 10.1 Å². The number of aromatic amines is 1. The zero-order valence-electron chi connectivity index (χ0n) is 11.1. The van der Waals surface area contributed by atoms with Crippen molar-refractivity contribution in [1.29, 1.82) is 0 Å². The number of carboxylic acids is 1. The molecular weight excluding hydrogens is 304 g/mol. The first-order valence-electron chi connectivity index (χ1n) is 6.47. The van der Waals surface area contributed by atoms with Crippen LogP contribution in [0.1, 0.15) is 10.5 Å². The van der Waals surface area contributed by atoms with Crippen molar-refractivity contribution >= 4 is 34.1 Å². The number of rotatable bonds is 2. The molecule has 3 aromatic heterocycles. The van der Waals surface area contributed by atoms with Crippen LogP contribution in [0.15, 0.2) is 42.9 Å². The fraction of sp³-hybridized carbons (Fsp3) is 0. The molecule has 1 aromatic carbocycles. The number of benzene rings is 1. The zero-order valence-corrected chi connectivity index (χ0v) is 11.9. The number of nitrogens with one attached hydrogen (secondary N) is 1. The lowest BCUT2D eigenvalue weighted by atomic mass is 10.1. The fourth-order valence-electron chi connectivity index (χ4n) is 2.52. The summed E-state index contributed by atoms with van der Waals surface area (Å²) in [5, 5.41) is 14.5. The van der Waals surface area contributed by atoms with E-state index in [1.165, 1.54) is 6.33 Å². The summed E-state index contributed by atoms with van der Waals surface area (Å²) in [6.45, 7) is 0. The lowest BCUT2D eigenvalue weighted by Crippen LogP contribution is -1.94. The minimum Gasteiger partial charge on any atom is -0.477 e. The molecule has 0 aliphatic rings. The van der Waals surface area contributed by atoms with E-state index >= 15 is 0 Å². The molecule has 0 saturated carbocycles.